The third-order valence-corrected chi connectivity index (χ3v) is 5.53. The molecule has 1 N–H and O–H groups in total. The van der Waals surface area contributed by atoms with Crippen molar-refractivity contribution in [2.45, 2.75) is 25.8 Å². The second-order valence-corrected chi connectivity index (χ2v) is 7.71. The largest absolute Gasteiger partial charge is 0.342 e. The lowest BCUT2D eigenvalue weighted by Crippen LogP contribution is -2.42. The lowest BCUT2D eigenvalue weighted by molar-refractivity contribution is 0.334. The first-order chi connectivity index (χ1) is 14.7. The molecule has 1 aromatic heterocycles. The van der Waals surface area contributed by atoms with Crippen molar-refractivity contribution < 1.29 is 0 Å². The second kappa shape index (κ2) is 9.02. The van der Waals surface area contributed by atoms with Gasteiger partial charge in [0.1, 0.15) is 0 Å². The van der Waals surface area contributed by atoms with Gasteiger partial charge in [0.05, 0.1) is 12.1 Å². The number of guanidine groups is 1. The van der Waals surface area contributed by atoms with Crippen molar-refractivity contribution in [2.24, 2.45) is 4.99 Å². The van der Waals surface area contributed by atoms with E-state index in [1.165, 1.54) is 6.42 Å². The van der Waals surface area contributed by atoms with E-state index in [-0.39, 0.29) is 12.0 Å². The molecule has 0 spiro atoms. The van der Waals surface area contributed by atoms with Gasteiger partial charge in [0, 0.05) is 40.9 Å². The molecular weight excluding hydrogens is 398 g/mol. The van der Waals surface area contributed by atoms with E-state index in [1.807, 2.05) is 47.3 Å². The van der Waals surface area contributed by atoms with Crippen LogP contribution in [-0.2, 0) is 6.54 Å². The standard InChI is InChI=1S/C23H22ClN5O/c24-18-9-10-20-21(13-18)29(19-7-3-1-4-8-19)15-17(22(20)30)14-26-23(27-16-25)28-11-5-2-6-12-28/h1,3-4,7-10,13,15H,2,5-6,11-12,14H2,(H,26,27). The summed E-state index contributed by atoms with van der Waals surface area (Å²) in [6, 6.07) is 15.1. The summed E-state index contributed by atoms with van der Waals surface area (Å²) in [5, 5.41) is 13.0. The van der Waals surface area contributed by atoms with Crippen LogP contribution in [0.2, 0.25) is 5.02 Å². The summed E-state index contributed by atoms with van der Waals surface area (Å²) in [5.41, 5.74) is 2.16. The molecule has 1 aliphatic rings. The highest BCUT2D eigenvalue weighted by atomic mass is 35.5. The molecule has 3 aromatic rings. The van der Waals surface area contributed by atoms with Gasteiger partial charge in [0.2, 0.25) is 5.96 Å². The minimum Gasteiger partial charge on any atom is -0.342 e. The number of rotatable bonds is 3. The predicted molar refractivity (Wildman–Crippen MR) is 120 cm³/mol. The molecule has 2 aromatic carbocycles. The van der Waals surface area contributed by atoms with Crippen LogP contribution in [0.3, 0.4) is 0 Å². The fourth-order valence-electron chi connectivity index (χ4n) is 3.80. The van der Waals surface area contributed by atoms with Gasteiger partial charge in [-0.25, -0.2) is 4.99 Å². The molecule has 0 radical (unpaired) electrons. The van der Waals surface area contributed by atoms with Crippen molar-refractivity contribution in [3.8, 4) is 11.9 Å². The van der Waals surface area contributed by atoms with E-state index < -0.39 is 0 Å². The molecule has 7 heteroatoms. The number of fused-ring (bicyclic) bond motifs is 1. The van der Waals surface area contributed by atoms with Crippen LogP contribution in [0.4, 0.5) is 0 Å². The molecule has 0 unspecified atom stereocenters. The average Bonchev–Trinajstić information content (AvgIpc) is 2.79. The Labute approximate surface area is 180 Å². The minimum atomic E-state index is -0.0763. The van der Waals surface area contributed by atoms with E-state index >= 15 is 0 Å². The molecular formula is C23H22ClN5O. The summed E-state index contributed by atoms with van der Waals surface area (Å²) in [5.74, 6) is 0.527. The van der Waals surface area contributed by atoms with Crippen LogP contribution < -0.4 is 10.7 Å². The SMILES string of the molecule is N#CNC(=NCc1cn(-c2ccccc2)c2cc(Cl)ccc2c1=O)N1CCCCC1. The monoisotopic (exact) mass is 419 g/mol. The van der Waals surface area contributed by atoms with Gasteiger partial charge in [-0.2, -0.15) is 5.26 Å². The second-order valence-electron chi connectivity index (χ2n) is 7.27. The van der Waals surface area contributed by atoms with Gasteiger partial charge in [0.25, 0.3) is 0 Å². The Bertz CT molecular complexity index is 1170. The normalized spacial score (nSPS) is 14.5. The van der Waals surface area contributed by atoms with Crippen molar-refractivity contribution in [3.63, 3.8) is 0 Å². The molecule has 0 atom stereocenters. The van der Waals surface area contributed by atoms with E-state index in [0.717, 1.165) is 37.1 Å². The number of aliphatic imine (C=N–C) groups is 1. The summed E-state index contributed by atoms with van der Waals surface area (Å²) in [6.07, 6.45) is 7.12. The van der Waals surface area contributed by atoms with E-state index in [0.29, 0.717) is 21.9 Å². The quantitative estimate of drug-likeness (QED) is 0.301. The highest BCUT2D eigenvalue weighted by Gasteiger charge is 2.16. The molecule has 1 aliphatic heterocycles. The van der Waals surface area contributed by atoms with Crippen LogP contribution in [0.5, 0.6) is 0 Å². The number of benzene rings is 2. The first-order valence-electron chi connectivity index (χ1n) is 10.0. The number of nitrogens with zero attached hydrogens (tertiary/aromatic N) is 4. The van der Waals surface area contributed by atoms with E-state index in [1.54, 1.807) is 18.2 Å². The Kier molecular flexibility index (Phi) is 6.01. The number of hydrogen-bond donors (Lipinski definition) is 1. The van der Waals surface area contributed by atoms with Crippen LogP contribution in [0.25, 0.3) is 16.6 Å². The van der Waals surface area contributed by atoms with Gasteiger partial charge < -0.3 is 9.47 Å². The van der Waals surface area contributed by atoms with E-state index in [4.69, 9.17) is 16.9 Å². The molecule has 152 valence electrons. The lowest BCUT2D eigenvalue weighted by Gasteiger charge is -2.28. The Hall–Kier alpha value is -3.30. The van der Waals surface area contributed by atoms with Gasteiger partial charge in [-0.15, -0.1) is 0 Å². The van der Waals surface area contributed by atoms with Crippen LogP contribution >= 0.6 is 11.6 Å². The first kappa shape index (κ1) is 20.0. The van der Waals surface area contributed by atoms with Gasteiger partial charge in [-0.3, -0.25) is 10.1 Å². The highest BCUT2D eigenvalue weighted by molar-refractivity contribution is 6.31. The summed E-state index contributed by atoms with van der Waals surface area (Å²) in [6.45, 7) is 1.90. The molecule has 4 rings (SSSR count). The van der Waals surface area contributed by atoms with Crippen molar-refractivity contribution in [1.29, 1.82) is 5.26 Å². The fourth-order valence-corrected chi connectivity index (χ4v) is 3.97. The van der Waals surface area contributed by atoms with Crippen LogP contribution in [0.1, 0.15) is 24.8 Å². The highest BCUT2D eigenvalue weighted by Crippen LogP contribution is 2.21. The summed E-state index contributed by atoms with van der Waals surface area (Å²) >= 11 is 6.21. The maximum atomic E-state index is 13.1. The van der Waals surface area contributed by atoms with Crippen LogP contribution in [-0.4, -0.2) is 28.5 Å². The smallest absolute Gasteiger partial charge is 0.207 e. The Morgan fingerprint density at radius 3 is 2.63 bits per heavy atom. The fraction of sp³-hybridized carbons (Fsp3) is 0.261. The molecule has 0 amide bonds. The predicted octanol–water partition coefficient (Wildman–Crippen LogP) is 4.06. The Morgan fingerprint density at radius 2 is 1.90 bits per heavy atom. The molecule has 30 heavy (non-hydrogen) atoms. The zero-order valence-corrected chi connectivity index (χ0v) is 17.3. The van der Waals surface area contributed by atoms with Gasteiger partial charge in [0.15, 0.2) is 11.6 Å². The van der Waals surface area contributed by atoms with Crippen molar-refractivity contribution in [2.75, 3.05) is 13.1 Å². The van der Waals surface area contributed by atoms with E-state index in [9.17, 15) is 4.79 Å². The molecule has 0 saturated carbocycles. The van der Waals surface area contributed by atoms with E-state index in [2.05, 4.69) is 15.2 Å². The Morgan fingerprint density at radius 1 is 1.13 bits per heavy atom. The average molecular weight is 420 g/mol. The first-order valence-corrected chi connectivity index (χ1v) is 10.4. The Balaban J connectivity index is 1.79. The number of nitriles is 1. The zero-order chi connectivity index (χ0) is 20.9. The number of halogens is 1. The number of likely N-dealkylation sites (tertiary alicyclic amines) is 1. The number of piperidine rings is 1. The maximum Gasteiger partial charge on any atom is 0.207 e. The maximum absolute atomic E-state index is 13.1. The lowest BCUT2D eigenvalue weighted by atomic mass is 10.1. The topological polar surface area (TPSA) is 73.4 Å². The number of nitrogens with one attached hydrogen (secondary N) is 1. The number of pyridine rings is 1. The number of aromatic nitrogens is 1. The molecule has 0 aliphatic carbocycles. The molecule has 1 saturated heterocycles. The van der Waals surface area contributed by atoms with Gasteiger partial charge >= 0.3 is 0 Å². The van der Waals surface area contributed by atoms with Gasteiger partial charge in [-0.1, -0.05) is 29.8 Å². The zero-order valence-electron chi connectivity index (χ0n) is 16.5. The number of para-hydroxylation sites is 1. The molecule has 6 nitrogen and oxygen atoms in total. The summed E-state index contributed by atoms with van der Waals surface area (Å²) < 4.78 is 1.96. The van der Waals surface area contributed by atoms with Crippen LogP contribution in [0, 0.1) is 11.5 Å². The molecule has 1 fully saturated rings. The third kappa shape index (κ3) is 4.17. The summed E-state index contributed by atoms with van der Waals surface area (Å²) in [4.78, 5) is 19.8. The number of hydrogen-bond acceptors (Lipinski definition) is 3. The minimum absolute atomic E-state index is 0.0763. The van der Waals surface area contributed by atoms with Crippen molar-refractivity contribution in [1.82, 2.24) is 14.8 Å². The molecule has 0 bridgehead atoms. The van der Waals surface area contributed by atoms with Gasteiger partial charge in [-0.05, 0) is 49.6 Å². The summed E-state index contributed by atoms with van der Waals surface area (Å²) in [7, 11) is 0. The van der Waals surface area contributed by atoms with Crippen molar-refractivity contribution >= 4 is 28.5 Å². The third-order valence-electron chi connectivity index (χ3n) is 5.30. The molecule has 2 heterocycles. The van der Waals surface area contributed by atoms with Crippen LogP contribution in [0.15, 0.2) is 64.5 Å². The van der Waals surface area contributed by atoms with Crippen molar-refractivity contribution in [3.05, 3.63) is 75.5 Å².